The Morgan fingerprint density at radius 1 is 1.17 bits per heavy atom. The molecule has 0 fully saturated rings. The zero-order valence-electron chi connectivity index (χ0n) is 13.4. The third-order valence-corrected chi connectivity index (χ3v) is 3.02. The summed E-state index contributed by atoms with van der Waals surface area (Å²) in [6, 6.07) is 8.71. The van der Waals surface area contributed by atoms with Crippen molar-refractivity contribution in [3.63, 3.8) is 0 Å². The molecule has 5 nitrogen and oxygen atoms in total. The van der Waals surface area contributed by atoms with Gasteiger partial charge in [0.25, 0.3) is 5.91 Å². The van der Waals surface area contributed by atoms with Gasteiger partial charge in [-0.05, 0) is 36.8 Å². The number of rotatable bonds is 6. The Balaban J connectivity index is 2.25. The molecule has 0 aliphatic heterocycles. The lowest BCUT2D eigenvalue weighted by Crippen LogP contribution is -2.21. The van der Waals surface area contributed by atoms with Crippen LogP contribution in [0.2, 0.25) is 0 Å². The van der Waals surface area contributed by atoms with Crippen LogP contribution in [0.15, 0.2) is 90.5 Å². The number of carbonyl (C=O) groups is 1. The Kier molecular flexibility index (Phi) is 6.35. The Hall–Kier alpha value is -3.34. The first-order chi connectivity index (χ1) is 11.7. The molecular formula is C19H18N4O. The predicted octanol–water partition coefficient (Wildman–Crippen LogP) is 3.30. The van der Waals surface area contributed by atoms with Gasteiger partial charge in [0.2, 0.25) is 0 Å². The molecule has 0 bridgehead atoms. The topological polar surface area (TPSA) is 67.2 Å². The van der Waals surface area contributed by atoms with Crippen LogP contribution in [-0.4, -0.2) is 21.6 Å². The number of nitrogens with one attached hydrogen (secondary N) is 1. The van der Waals surface area contributed by atoms with E-state index in [0.29, 0.717) is 22.5 Å². The fourth-order valence-electron chi connectivity index (χ4n) is 1.83. The number of nitrogens with zero attached hydrogens (tertiary/aromatic N) is 3. The van der Waals surface area contributed by atoms with Crippen molar-refractivity contribution in [2.24, 2.45) is 5.10 Å². The lowest BCUT2D eigenvalue weighted by molar-refractivity contribution is 0.0955. The molecule has 0 unspecified atom stereocenters. The van der Waals surface area contributed by atoms with Crippen LogP contribution in [0.3, 0.4) is 0 Å². The molecule has 24 heavy (non-hydrogen) atoms. The van der Waals surface area contributed by atoms with E-state index in [1.54, 1.807) is 30.7 Å². The molecule has 0 radical (unpaired) electrons. The van der Waals surface area contributed by atoms with Gasteiger partial charge in [-0.15, -0.1) is 0 Å². The highest BCUT2D eigenvalue weighted by Gasteiger charge is 2.09. The van der Waals surface area contributed by atoms with E-state index in [1.807, 2.05) is 49.4 Å². The molecule has 2 rings (SSSR count). The van der Waals surface area contributed by atoms with Crippen LogP contribution in [0.25, 0.3) is 0 Å². The smallest absolute Gasteiger partial charge is 0.267 e. The van der Waals surface area contributed by atoms with Crippen molar-refractivity contribution < 1.29 is 4.79 Å². The number of pyridine rings is 2. The van der Waals surface area contributed by atoms with Crippen molar-refractivity contribution in [1.29, 1.82) is 0 Å². The summed E-state index contributed by atoms with van der Waals surface area (Å²) >= 11 is 0. The number of hydrogen-bond acceptors (Lipinski definition) is 4. The minimum atomic E-state index is -0.323. The normalized spacial score (nSPS) is 11.8. The highest BCUT2D eigenvalue weighted by atomic mass is 16.2. The molecule has 2 aromatic rings. The molecule has 1 amide bonds. The monoisotopic (exact) mass is 318 g/mol. The van der Waals surface area contributed by atoms with Gasteiger partial charge in [-0.25, -0.2) is 5.43 Å². The molecule has 0 aliphatic carbocycles. The molecule has 2 aromatic heterocycles. The molecule has 0 atom stereocenters. The molecular weight excluding hydrogens is 300 g/mol. The SMILES string of the molecule is C=C(/C=C\C=C/C)/C(=N\NC(=O)c1ccncc1)c1ccccn1. The summed E-state index contributed by atoms with van der Waals surface area (Å²) in [5.74, 6) is -0.323. The van der Waals surface area contributed by atoms with E-state index in [1.165, 1.54) is 0 Å². The van der Waals surface area contributed by atoms with Gasteiger partial charge in [0.15, 0.2) is 0 Å². The lowest BCUT2D eigenvalue weighted by atomic mass is 10.1. The van der Waals surface area contributed by atoms with Crippen LogP contribution in [-0.2, 0) is 0 Å². The van der Waals surface area contributed by atoms with Gasteiger partial charge in [0.05, 0.1) is 5.69 Å². The van der Waals surface area contributed by atoms with Gasteiger partial charge in [-0.3, -0.25) is 14.8 Å². The molecule has 2 heterocycles. The number of hydrogen-bond donors (Lipinski definition) is 1. The summed E-state index contributed by atoms with van der Waals surface area (Å²) in [5, 5.41) is 4.21. The van der Waals surface area contributed by atoms with Crippen molar-refractivity contribution >= 4 is 11.6 Å². The highest BCUT2D eigenvalue weighted by Crippen LogP contribution is 2.07. The van der Waals surface area contributed by atoms with E-state index in [-0.39, 0.29) is 5.91 Å². The zero-order valence-corrected chi connectivity index (χ0v) is 13.4. The van der Waals surface area contributed by atoms with Gasteiger partial charge in [0.1, 0.15) is 5.71 Å². The number of carbonyl (C=O) groups excluding carboxylic acids is 1. The number of aromatic nitrogens is 2. The summed E-state index contributed by atoms with van der Waals surface area (Å²) in [4.78, 5) is 20.3. The standard InChI is InChI=1S/C19H18N4O/c1-3-4-5-8-15(2)18(17-9-6-7-12-21-17)22-23-19(24)16-10-13-20-14-11-16/h3-14H,2H2,1H3,(H,23,24)/b4-3-,8-5-,22-18+. The number of amides is 1. The van der Waals surface area contributed by atoms with Gasteiger partial charge in [0, 0.05) is 24.2 Å². The van der Waals surface area contributed by atoms with Crippen LogP contribution < -0.4 is 5.43 Å². The summed E-state index contributed by atoms with van der Waals surface area (Å²) in [6.07, 6.45) is 12.2. The Bertz CT molecular complexity index is 778. The van der Waals surface area contributed by atoms with Gasteiger partial charge in [-0.1, -0.05) is 36.9 Å². The van der Waals surface area contributed by atoms with Crippen molar-refractivity contribution in [3.05, 3.63) is 96.6 Å². The summed E-state index contributed by atoms with van der Waals surface area (Å²) < 4.78 is 0. The van der Waals surface area contributed by atoms with E-state index in [2.05, 4.69) is 27.1 Å². The van der Waals surface area contributed by atoms with Crippen LogP contribution in [0.5, 0.6) is 0 Å². The highest BCUT2D eigenvalue weighted by molar-refractivity contribution is 6.13. The quantitative estimate of drug-likeness (QED) is 0.505. The van der Waals surface area contributed by atoms with E-state index >= 15 is 0 Å². The second kappa shape index (κ2) is 8.95. The van der Waals surface area contributed by atoms with Crippen LogP contribution in [0, 0.1) is 0 Å². The summed E-state index contributed by atoms with van der Waals surface area (Å²) in [5.41, 5.74) is 4.78. The average molecular weight is 318 g/mol. The Labute approximate surface area is 141 Å². The first kappa shape index (κ1) is 17.0. The summed E-state index contributed by atoms with van der Waals surface area (Å²) in [6.45, 7) is 5.93. The minimum absolute atomic E-state index is 0.323. The first-order valence-corrected chi connectivity index (χ1v) is 7.40. The maximum Gasteiger partial charge on any atom is 0.271 e. The largest absolute Gasteiger partial charge is 0.271 e. The van der Waals surface area contributed by atoms with Crippen molar-refractivity contribution in [3.8, 4) is 0 Å². The van der Waals surface area contributed by atoms with E-state index < -0.39 is 0 Å². The molecule has 5 heteroatoms. The van der Waals surface area contributed by atoms with Crippen molar-refractivity contribution in [2.45, 2.75) is 6.92 Å². The zero-order chi connectivity index (χ0) is 17.2. The van der Waals surface area contributed by atoms with Crippen LogP contribution >= 0.6 is 0 Å². The molecule has 0 aromatic carbocycles. The lowest BCUT2D eigenvalue weighted by Gasteiger charge is -2.07. The molecule has 0 spiro atoms. The second-order valence-electron chi connectivity index (χ2n) is 4.76. The molecule has 1 N–H and O–H groups in total. The van der Waals surface area contributed by atoms with E-state index in [4.69, 9.17) is 0 Å². The maximum absolute atomic E-state index is 12.1. The first-order valence-electron chi connectivity index (χ1n) is 7.40. The molecule has 0 aliphatic rings. The number of hydrazone groups is 1. The molecule has 0 saturated carbocycles. The summed E-state index contributed by atoms with van der Waals surface area (Å²) in [7, 11) is 0. The third kappa shape index (κ3) is 4.84. The number of allylic oxidation sites excluding steroid dienone is 5. The Morgan fingerprint density at radius 2 is 1.96 bits per heavy atom. The fourth-order valence-corrected chi connectivity index (χ4v) is 1.83. The maximum atomic E-state index is 12.1. The predicted molar refractivity (Wildman–Crippen MR) is 95.6 cm³/mol. The van der Waals surface area contributed by atoms with Gasteiger partial charge in [-0.2, -0.15) is 5.10 Å². The van der Waals surface area contributed by atoms with Crippen molar-refractivity contribution in [2.75, 3.05) is 0 Å². The van der Waals surface area contributed by atoms with Gasteiger partial charge >= 0.3 is 0 Å². The van der Waals surface area contributed by atoms with Gasteiger partial charge < -0.3 is 0 Å². The fraction of sp³-hybridized carbons (Fsp3) is 0.0526. The Morgan fingerprint density at radius 3 is 2.62 bits per heavy atom. The van der Waals surface area contributed by atoms with Crippen LogP contribution in [0.1, 0.15) is 23.0 Å². The third-order valence-electron chi connectivity index (χ3n) is 3.02. The van der Waals surface area contributed by atoms with Crippen molar-refractivity contribution in [1.82, 2.24) is 15.4 Å². The minimum Gasteiger partial charge on any atom is -0.267 e. The van der Waals surface area contributed by atoms with E-state index in [9.17, 15) is 4.79 Å². The molecule has 0 saturated heterocycles. The van der Waals surface area contributed by atoms with E-state index in [0.717, 1.165) is 0 Å². The molecule has 120 valence electrons. The van der Waals surface area contributed by atoms with Crippen LogP contribution in [0.4, 0.5) is 0 Å². The second-order valence-corrected chi connectivity index (χ2v) is 4.76. The average Bonchev–Trinajstić information content (AvgIpc) is 2.63.